The van der Waals surface area contributed by atoms with Gasteiger partial charge in [0.05, 0.1) is 0 Å². The maximum absolute atomic E-state index is 14.9. The highest BCUT2D eigenvalue weighted by Gasteiger charge is 2.22. The molecule has 1 aliphatic carbocycles. The summed E-state index contributed by atoms with van der Waals surface area (Å²) in [5.41, 5.74) is 4.08. The van der Waals surface area contributed by atoms with Crippen molar-refractivity contribution in [2.75, 3.05) is 0 Å². The first-order valence-corrected chi connectivity index (χ1v) is 12.8. The van der Waals surface area contributed by atoms with Gasteiger partial charge < -0.3 is 0 Å². The van der Waals surface area contributed by atoms with Crippen LogP contribution in [0.3, 0.4) is 0 Å². The summed E-state index contributed by atoms with van der Waals surface area (Å²) in [5.74, 6) is 0.577. The Balaban J connectivity index is 1.41. The fraction of sp³-hybridized carbons (Fsp3) is 0.375. The summed E-state index contributed by atoms with van der Waals surface area (Å²) in [6, 6.07) is 21.2. The summed E-state index contributed by atoms with van der Waals surface area (Å²) in [6.45, 7) is 4.10. The smallest absolute Gasteiger partial charge is 0.129 e. The summed E-state index contributed by atoms with van der Waals surface area (Å²) in [7, 11) is 0. The van der Waals surface area contributed by atoms with Crippen molar-refractivity contribution in [2.45, 2.75) is 70.6 Å². The minimum atomic E-state index is -0.460. The molecule has 0 aliphatic heterocycles. The summed E-state index contributed by atoms with van der Waals surface area (Å²) in [6.07, 6.45) is 12.3. The molecule has 0 bridgehead atoms. The fourth-order valence-corrected chi connectivity index (χ4v) is 5.40. The summed E-state index contributed by atoms with van der Waals surface area (Å²) in [4.78, 5) is 0. The van der Waals surface area contributed by atoms with Crippen molar-refractivity contribution in [1.82, 2.24) is 0 Å². The van der Waals surface area contributed by atoms with E-state index in [1.165, 1.54) is 56.2 Å². The standard InChI is InChI=1S/C32H36F2/c1-3-4-6-9-24-12-14-26(15-13-24)27-16-18-28(19-17-27)29-21-31(33)30(32(34)22-29)20-23(2)25-10-7-5-8-11-25/h3-5,7-8,10-11,16-19,21-24,26H,6,9,12-15,20H2,1-2H3/b4-3+/t23-,24?,26?/m0/s1. The van der Waals surface area contributed by atoms with Crippen LogP contribution >= 0.6 is 0 Å². The normalized spacial score (nSPS) is 19.4. The van der Waals surface area contributed by atoms with E-state index in [1.807, 2.05) is 49.4 Å². The van der Waals surface area contributed by atoms with E-state index < -0.39 is 11.6 Å². The molecule has 0 aromatic heterocycles. The maximum atomic E-state index is 14.9. The van der Waals surface area contributed by atoms with Crippen molar-refractivity contribution in [3.63, 3.8) is 0 Å². The number of hydrogen-bond donors (Lipinski definition) is 0. The van der Waals surface area contributed by atoms with Gasteiger partial charge in [0.25, 0.3) is 0 Å². The molecule has 1 saturated carbocycles. The largest absolute Gasteiger partial charge is 0.207 e. The molecule has 0 amide bonds. The SMILES string of the molecule is C/C=C/CCC1CCC(c2ccc(-c3cc(F)c(C[C@H](C)c4ccccc4)c(F)c3)cc2)CC1. The molecule has 0 heterocycles. The van der Waals surface area contributed by atoms with Gasteiger partial charge in [-0.25, -0.2) is 8.78 Å². The average Bonchev–Trinajstić information content (AvgIpc) is 2.87. The van der Waals surface area contributed by atoms with Crippen LogP contribution in [0.4, 0.5) is 8.78 Å². The summed E-state index contributed by atoms with van der Waals surface area (Å²) in [5, 5.41) is 0. The Morgan fingerprint density at radius 3 is 2.12 bits per heavy atom. The average molecular weight is 459 g/mol. The quantitative estimate of drug-likeness (QED) is 0.295. The van der Waals surface area contributed by atoms with E-state index in [4.69, 9.17) is 0 Å². The molecule has 0 nitrogen and oxygen atoms in total. The second kappa shape index (κ2) is 11.6. The fourth-order valence-electron chi connectivity index (χ4n) is 5.40. The molecule has 1 atom stereocenters. The monoisotopic (exact) mass is 458 g/mol. The van der Waals surface area contributed by atoms with Crippen LogP contribution in [0.25, 0.3) is 11.1 Å². The number of rotatable bonds is 8. The Morgan fingerprint density at radius 1 is 0.853 bits per heavy atom. The highest BCUT2D eigenvalue weighted by atomic mass is 19.1. The van der Waals surface area contributed by atoms with Gasteiger partial charge in [-0.15, -0.1) is 0 Å². The van der Waals surface area contributed by atoms with Crippen LogP contribution in [0, 0.1) is 17.6 Å². The van der Waals surface area contributed by atoms with Gasteiger partial charge in [0, 0.05) is 5.56 Å². The van der Waals surface area contributed by atoms with E-state index in [-0.39, 0.29) is 11.5 Å². The summed E-state index contributed by atoms with van der Waals surface area (Å²) < 4.78 is 29.9. The zero-order chi connectivity index (χ0) is 23.9. The molecular formula is C32H36F2. The van der Waals surface area contributed by atoms with Gasteiger partial charge >= 0.3 is 0 Å². The minimum absolute atomic E-state index is 0.0496. The topological polar surface area (TPSA) is 0 Å². The van der Waals surface area contributed by atoms with Crippen LogP contribution in [-0.2, 0) is 6.42 Å². The third kappa shape index (κ3) is 6.03. The Labute approximate surface area is 203 Å². The molecule has 0 unspecified atom stereocenters. The van der Waals surface area contributed by atoms with Gasteiger partial charge in [-0.3, -0.25) is 0 Å². The Bertz CT molecular complexity index is 1050. The molecule has 3 aromatic carbocycles. The number of allylic oxidation sites excluding steroid dienone is 2. The molecule has 0 saturated heterocycles. The van der Waals surface area contributed by atoms with Crippen LogP contribution in [-0.4, -0.2) is 0 Å². The first-order chi connectivity index (χ1) is 16.5. The molecular weight excluding hydrogens is 422 g/mol. The maximum Gasteiger partial charge on any atom is 0.129 e. The van der Waals surface area contributed by atoms with Crippen molar-refractivity contribution >= 4 is 0 Å². The van der Waals surface area contributed by atoms with Crippen LogP contribution in [0.15, 0.2) is 78.9 Å². The van der Waals surface area contributed by atoms with Crippen LogP contribution < -0.4 is 0 Å². The van der Waals surface area contributed by atoms with Gasteiger partial charge in [0.1, 0.15) is 11.6 Å². The first kappa shape index (κ1) is 24.4. The molecule has 1 fully saturated rings. The predicted octanol–water partition coefficient (Wildman–Crippen LogP) is 9.61. The molecule has 0 N–H and O–H groups in total. The minimum Gasteiger partial charge on any atom is -0.207 e. The van der Waals surface area contributed by atoms with E-state index >= 15 is 0 Å². The molecule has 4 rings (SSSR count). The molecule has 34 heavy (non-hydrogen) atoms. The van der Waals surface area contributed by atoms with E-state index in [9.17, 15) is 8.78 Å². The van der Waals surface area contributed by atoms with E-state index in [1.54, 1.807) is 0 Å². The van der Waals surface area contributed by atoms with E-state index in [0.717, 1.165) is 17.0 Å². The van der Waals surface area contributed by atoms with Gasteiger partial charge in [0.2, 0.25) is 0 Å². The molecule has 1 aliphatic rings. The van der Waals surface area contributed by atoms with E-state index in [0.29, 0.717) is 17.9 Å². The lowest BCUT2D eigenvalue weighted by molar-refractivity contribution is 0.312. The van der Waals surface area contributed by atoms with Crippen molar-refractivity contribution < 1.29 is 8.78 Å². The van der Waals surface area contributed by atoms with Crippen molar-refractivity contribution in [3.05, 3.63) is 107 Å². The molecule has 3 aromatic rings. The molecule has 2 heteroatoms. The second-order valence-electron chi connectivity index (χ2n) is 9.92. The van der Waals surface area contributed by atoms with Crippen LogP contribution in [0.5, 0.6) is 0 Å². The lowest BCUT2D eigenvalue weighted by Crippen LogP contribution is -2.13. The van der Waals surface area contributed by atoms with Gasteiger partial charge in [-0.2, -0.15) is 0 Å². The Hall–Kier alpha value is -2.74. The van der Waals surface area contributed by atoms with Gasteiger partial charge in [0.15, 0.2) is 0 Å². The van der Waals surface area contributed by atoms with Gasteiger partial charge in [-0.1, -0.05) is 73.7 Å². The lowest BCUT2D eigenvalue weighted by atomic mass is 9.77. The zero-order valence-electron chi connectivity index (χ0n) is 20.4. The molecule has 178 valence electrons. The highest BCUT2D eigenvalue weighted by Crippen LogP contribution is 2.38. The molecule has 0 radical (unpaired) electrons. The van der Waals surface area contributed by atoms with Crippen molar-refractivity contribution in [2.24, 2.45) is 5.92 Å². The van der Waals surface area contributed by atoms with Crippen LogP contribution in [0.1, 0.15) is 80.9 Å². The predicted molar refractivity (Wildman–Crippen MR) is 139 cm³/mol. The lowest BCUT2D eigenvalue weighted by Gasteiger charge is -2.28. The second-order valence-corrected chi connectivity index (χ2v) is 9.92. The number of halogens is 2. The number of benzene rings is 3. The van der Waals surface area contributed by atoms with Crippen molar-refractivity contribution in [1.29, 1.82) is 0 Å². The van der Waals surface area contributed by atoms with E-state index in [2.05, 4.69) is 31.2 Å². The van der Waals surface area contributed by atoms with Crippen LogP contribution in [0.2, 0.25) is 0 Å². The first-order valence-electron chi connectivity index (χ1n) is 12.8. The molecule has 0 spiro atoms. The third-order valence-electron chi connectivity index (χ3n) is 7.56. The van der Waals surface area contributed by atoms with Gasteiger partial charge in [-0.05, 0) is 104 Å². The van der Waals surface area contributed by atoms with Crippen molar-refractivity contribution in [3.8, 4) is 11.1 Å². The zero-order valence-corrected chi connectivity index (χ0v) is 20.4. The number of hydrogen-bond acceptors (Lipinski definition) is 0. The Kier molecular flexibility index (Phi) is 8.32. The highest BCUT2D eigenvalue weighted by molar-refractivity contribution is 5.64. The third-order valence-corrected chi connectivity index (χ3v) is 7.56. The summed E-state index contributed by atoms with van der Waals surface area (Å²) >= 11 is 0. The Morgan fingerprint density at radius 2 is 1.50 bits per heavy atom.